The van der Waals surface area contributed by atoms with Gasteiger partial charge in [-0.2, -0.15) is 4.36 Å². The lowest BCUT2D eigenvalue weighted by Crippen LogP contribution is -2.06. The summed E-state index contributed by atoms with van der Waals surface area (Å²) in [4.78, 5) is 23.9. The molecule has 0 unspecified atom stereocenters. The van der Waals surface area contributed by atoms with Crippen molar-refractivity contribution in [2.24, 2.45) is 4.36 Å². The number of hydrogen-bond acceptors (Lipinski definition) is 4. The third-order valence-corrected chi connectivity index (χ3v) is 3.57. The van der Waals surface area contributed by atoms with Crippen LogP contribution >= 0.6 is 0 Å². The number of nitrogens with zero attached hydrogens (tertiary/aromatic N) is 1. The largest absolute Gasteiger partial charge is 0.463 e. The zero-order chi connectivity index (χ0) is 17.5. The Kier molecular flexibility index (Phi) is 7.16. The topological polar surface area (TPSA) is 72.8 Å². The molecule has 0 radical (unpaired) electrons. The smallest absolute Gasteiger partial charge is 0.330 e. The lowest BCUT2D eigenvalue weighted by atomic mass is 10.0. The van der Waals surface area contributed by atoms with Gasteiger partial charge in [-0.15, -0.1) is 0 Å². The summed E-state index contributed by atoms with van der Waals surface area (Å²) >= 11 is 0. The summed E-state index contributed by atoms with van der Waals surface area (Å²) in [6.07, 6.45) is 7.39. The van der Waals surface area contributed by atoms with Crippen LogP contribution in [0.15, 0.2) is 28.6 Å². The molecule has 1 rings (SSSR count). The summed E-state index contributed by atoms with van der Waals surface area (Å²) in [6, 6.07) is 5.26. The molecule has 126 valence electrons. The van der Waals surface area contributed by atoms with Crippen molar-refractivity contribution < 1.29 is 18.5 Å². The van der Waals surface area contributed by atoms with Gasteiger partial charge < -0.3 is 4.74 Å². The predicted octanol–water partition coefficient (Wildman–Crippen LogP) is 3.22. The Hall–Kier alpha value is -1.95. The van der Waals surface area contributed by atoms with Gasteiger partial charge in [0.2, 0.25) is 0 Å². The number of aryl methyl sites for hydroxylation is 1. The molecule has 0 spiro atoms. The zero-order valence-electron chi connectivity index (χ0n) is 14.0. The Labute approximate surface area is 137 Å². The van der Waals surface area contributed by atoms with Crippen LogP contribution in [-0.4, -0.2) is 35.2 Å². The molecule has 1 aromatic carbocycles. The lowest BCUT2D eigenvalue weighted by Gasteiger charge is -2.06. The predicted molar refractivity (Wildman–Crippen MR) is 92.8 cm³/mol. The van der Waals surface area contributed by atoms with Gasteiger partial charge in [0, 0.05) is 28.3 Å². The van der Waals surface area contributed by atoms with Gasteiger partial charge in [-0.05, 0) is 30.5 Å². The van der Waals surface area contributed by atoms with Gasteiger partial charge in [-0.1, -0.05) is 31.5 Å². The minimum Gasteiger partial charge on any atom is -0.463 e. The Morgan fingerprint density at radius 3 is 2.61 bits per heavy atom. The fraction of sp³-hybridized carbons (Fsp3) is 0.412. The number of hydrogen-bond donors (Lipinski definition) is 0. The first-order chi connectivity index (χ1) is 10.7. The minimum atomic E-state index is -2.54. The van der Waals surface area contributed by atoms with E-state index in [0.717, 1.165) is 12.8 Å². The Bertz CT molecular complexity index is 720. The van der Waals surface area contributed by atoms with Gasteiger partial charge in [0.25, 0.3) is 5.91 Å². The first-order valence-electron chi connectivity index (χ1n) is 7.40. The number of carbonyl (C=O) groups is 2. The molecule has 0 aliphatic rings. The van der Waals surface area contributed by atoms with Crippen LogP contribution < -0.4 is 0 Å². The average Bonchev–Trinajstić information content (AvgIpc) is 2.43. The average molecular weight is 337 g/mol. The lowest BCUT2D eigenvalue weighted by molar-refractivity contribution is -0.137. The summed E-state index contributed by atoms with van der Waals surface area (Å²) < 4.78 is 20.5. The van der Waals surface area contributed by atoms with E-state index in [4.69, 9.17) is 4.74 Å². The second-order valence-corrected chi connectivity index (χ2v) is 8.02. The normalized spacial score (nSPS) is 11.5. The van der Waals surface area contributed by atoms with Gasteiger partial charge in [-0.25, -0.2) is 9.00 Å². The van der Waals surface area contributed by atoms with E-state index >= 15 is 0 Å². The number of ether oxygens (including phenoxy) is 1. The van der Waals surface area contributed by atoms with E-state index in [2.05, 4.69) is 4.36 Å². The summed E-state index contributed by atoms with van der Waals surface area (Å²) in [5.74, 6) is -0.998. The standard InChI is InChI=1S/C17H23NO4S/c1-5-6-12-22-15(19)11-10-14-9-7-8-13(2)16(14)17(20)18-23(3,4)21/h7-11H,5-6,12H2,1-4H3/b11-10+. The maximum Gasteiger partial charge on any atom is 0.330 e. The van der Waals surface area contributed by atoms with Crippen LogP contribution in [0.1, 0.15) is 41.3 Å². The molecule has 0 atom stereocenters. The molecule has 0 aliphatic carbocycles. The Morgan fingerprint density at radius 2 is 2.00 bits per heavy atom. The van der Waals surface area contributed by atoms with Crippen LogP contribution in [0.4, 0.5) is 0 Å². The highest BCUT2D eigenvalue weighted by molar-refractivity contribution is 7.92. The highest BCUT2D eigenvalue weighted by Gasteiger charge is 2.13. The van der Waals surface area contributed by atoms with Gasteiger partial charge in [0.05, 0.1) is 12.2 Å². The molecule has 0 N–H and O–H groups in total. The molecule has 23 heavy (non-hydrogen) atoms. The monoisotopic (exact) mass is 337 g/mol. The van der Waals surface area contributed by atoms with Crippen molar-refractivity contribution in [1.29, 1.82) is 0 Å². The molecule has 0 saturated heterocycles. The van der Waals surface area contributed by atoms with Crippen LogP contribution in [0.3, 0.4) is 0 Å². The van der Waals surface area contributed by atoms with Crippen molar-refractivity contribution in [3.8, 4) is 0 Å². The summed E-state index contributed by atoms with van der Waals surface area (Å²) in [7, 11) is -2.54. The van der Waals surface area contributed by atoms with E-state index in [1.807, 2.05) is 6.92 Å². The highest BCUT2D eigenvalue weighted by Crippen LogP contribution is 2.18. The summed E-state index contributed by atoms with van der Waals surface area (Å²) in [5.41, 5.74) is 1.61. The number of unbranched alkanes of at least 4 members (excludes halogenated alkanes) is 1. The van der Waals surface area contributed by atoms with E-state index in [-0.39, 0.29) is 0 Å². The van der Waals surface area contributed by atoms with Crippen molar-refractivity contribution in [3.63, 3.8) is 0 Å². The zero-order valence-corrected chi connectivity index (χ0v) is 14.8. The van der Waals surface area contributed by atoms with E-state index in [1.54, 1.807) is 25.1 Å². The van der Waals surface area contributed by atoms with Crippen LogP contribution in [-0.2, 0) is 19.3 Å². The molecule has 0 bridgehead atoms. The third-order valence-electron chi connectivity index (χ3n) is 2.96. The van der Waals surface area contributed by atoms with Crippen molar-refractivity contribution >= 4 is 27.7 Å². The quantitative estimate of drug-likeness (QED) is 0.454. The molecule has 0 saturated carbocycles. The first kappa shape index (κ1) is 19.1. The number of amides is 1. The van der Waals surface area contributed by atoms with Gasteiger partial charge in [0.15, 0.2) is 0 Å². The SMILES string of the molecule is CCCCOC(=O)/C=C/c1cccc(C)c1C(=O)N=S(C)(C)=O. The number of esters is 1. The fourth-order valence-electron chi connectivity index (χ4n) is 1.89. The number of carbonyl (C=O) groups excluding carboxylic acids is 2. The summed E-state index contributed by atoms with van der Waals surface area (Å²) in [5, 5.41) is 0. The van der Waals surface area contributed by atoms with Gasteiger partial charge >= 0.3 is 5.97 Å². The first-order valence-corrected chi connectivity index (χ1v) is 9.73. The maximum absolute atomic E-state index is 12.3. The van der Waals surface area contributed by atoms with E-state index < -0.39 is 21.6 Å². The fourth-order valence-corrected chi connectivity index (χ4v) is 2.38. The molecular weight excluding hydrogens is 314 g/mol. The molecule has 5 nitrogen and oxygen atoms in total. The minimum absolute atomic E-state index is 0.349. The number of rotatable bonds is 6. The van der Waals surface area contributed by atoms with Crippen molar-refractivity contribution in [2.45, 2.75) is 26.7 Å². The molecule has 0 aromatic heterocycles. The van der Waals surface area contributed by atoms with E-state index in [0.29, 0.717) is 23.3 Å². The van der Waals surface area contributed by atoms with E-state index in [9.17, 15) is 13.8 Å². The summed E-state index contributed by atoms with van der Waals surface area (Å²) in [6.45, 7) is 4.16. The van der Waals surface area contributed by atoms with Crippen LogP contribution in [0.2, 0.25) is 0 Å². The molecule has 0 heterocycles. The van der Waals surface area contributed by atoms with Gasteiger partial charge in [0.1, 0.15) is 0 Å². The molecule has 1 amide bonds. The molecule has 0 fully saturated rings. The molecular formula is C17H23NO4S. The number of benzene rings is 1. The van der Waals surface area contributed by atoms with Crippen LogP contribution in [0, 0.1) is 6.92 Å². The van der Waals surface area contributed by atoms with Crippen molar-refractivity contribution in [2.75, 3.05) is 19.1 Å². The van der Waals surface area contributed by atoms with E-state index in [1.165, 1.54) is 24.7 Å². The molecule has 6 heteroatoms. The molecule has 0 aliphatic heterocycles. The second-order valence-electron chi connectivity index (χ2n) is 5.47. The Morgan fingerprint density at radius 1 is 1.30 bits per heavy atom. The third kappa shape index (κ3) is 6.78. The van der Waals surface area contributed by atoms with Crippen molar-refractivity contribution in [3.05, 3.63) is 41.0 Å². The second kappa shape index (κ2) is 8.62. The molecule has 1 aromatic rings. The van der Waals surface area contributed by atoms with Gasteiger partial charge in [-0.3, -0.25) is 4.79 Å². The highest BCUT2D eigenvalue weighted by atomic mass is 32.2. The maximum atomic E-state index is 12.3. The van der Waals surface area contributed by atoms with Crippen molar-refractivity contribution in [1.82, 2.24) is 0 Å². The van der Waals surface area contributed by atoms with Crippen LogP contribution in [0.25, 0.3) is 6.08 Å². The van der Waals surface area contributed by atoms with Crippen LogP contribution in [0.5, 0.6) is 0 Å². The Balaban J connectivity index is 3.05.